The van der Waals surface area contributed by atoms with Crippen LogP contribution in [0.15, 0.2) is 0 Å². The fraction of sp³-hybridized carbons (Fsp3) is 0.769. The molecule has 1 saturated heterocycles. The quantitative estimate of drug-likeness (QED) is 0.901. The lowest BCUT2D eigenvalue weighted by atomic mass is 9.78. The van der Waals surface area contributed by atoms with Crippen LogP contribution in [0.4, 0.5) is 5.13 Å². The predicted molar refractivity (Wildman–Crippen MR) is 72.6 cm³/mol. The second kappa shape index (κ2) is 4.94. The van der Waals surface area contributed by atoms with Crippen LogP contribution >= 0.6 is 11.3 Å². The van der Waals surface area contributed by atoms with E-state index in [2.05, 4.69) is 23.7 Å². The highest BCUT2D eigenvalue weighted by atomic mass is 32.1. The summed E-state index contributed by atoms with van der Waals surface area (Å²) >= 11 is 1.64. The fourth-order valence-electron chi connectivity index (χ4n) is 2.29. The van der Waals surface area contributed by atoms with Gasteiger partial charge in [-0.05, 0) is 25.2 Å². The largest absolute Gasteiger partial charge is 0.391 e. The lowest BCUT2D eigenvalue weighted by Gasteiger charge is -2.38. The first-order valence-corrected chi connectivity index (χ1v) is 7.22. The Balaban J connectivity index is 2.05. The van der Waals surface area contributed by atoms with Crippen molar-refractivity contribution >= 4 is 16.5 Å². The molecule has 1 fully saturated rings. The second-order valence-corrected chi connectivity index (χ2v) is 6.38. The maximum atomic E-state index is 9.20. The Kier molecular flexibility index (Phi) is 3.73. The molecule has 1 aliphatic heterocycles. The van der Waals surface area contributed by atoms with Crippen molar-refractivity contribution in [2.45, 2.75) is 46.6 Å². The molecule has 0 aliphatic carbocycles. The number of aliphatic hydroxyl groups excluding tert-OH is 1. The normalized spacial score (nSPS) is 19.6. The van der Waals surface area contributed by atoms with E-state index in [1.54, 1.807) is 11.3 Å². The van der Waals surface area contributed by atoms with E-state index in [1.807, 2.05) is 6.92 Å². The first-order chi connectivity index (χ1) is 8.08. The molecule has 3 nitrogen and oxygen atoms in total. The molecule has 1 aromatic rings. The predicted octanol–water partition coefficient (Wildman–Crippen LogP) is 2.96. The average Bonchev–Trinajstić information content (AvgIpc) is 2.71. The first kappa shape index (κ1) is 12.8. The van der Waals surface area contributed by atoms with E-state index < -0.39 is 0 Å². The van der Waals surface area contributed by atoms with Crippen LogP contribution < -0.4 is 4.90 Å². The lowest BCUT2D eigenvalue weighted by Crippen LogP contribution is -2.38. The minimum absolute atomic E-state index is 0.115. The van der Waals surface area contributed by atoms with Gasteiger partial charge in [-0.1, -0.05) is 31.6 Å². The minimum Gasteiger partial charge on any atom is -0.391 e. The van der Waals surface area contributed by atoms with Crippen molar-refractivity contribution < 1.29 is 5.11 Å². The third-order valence-electron chi connectivity index (χ3n) is 4.12. The molecule has 4 heteroatoms. The van der Waals surface area contributed by atoms with Gasteiger partial charge >= 0.3 is 0 Å². The van der Waals surface area contributed by atoms with Gasteiger partial charge in [0.2, 0.25) is 0 Å². The molecule has 1 aliphatic rings. The van der Waals surface area contributed by atoms with E-state index in [1.165, 1.54) is 19.3 Å². The third-order valence-corrected chi connectivity index (χ3v) is 5.32. The molecule has 2 rings (SSSR count). The van der Waals surface area contributed by atoms with Gasteiger partial charge in [-0.2, -0.15) is 0 Å². The van der Waals surface area contributed by atoms with Crippen molar-refractivity contribution in [2.24, 2.45) is 5.41 Å². The van der Waals surface area contributed by atoms with Crippen LogP contribution in [0.3, 0.4) is 0 Å². The molecule has 1 N–H and O–H groups in total. The highest BCUT2D eigenvalue weighted by Crippen LogP contribution is 2.37. The first-order valence-electron chi connectivity index (χ1n) is 6.40. The summed E-state index contributed by atoms with van der Waals surface area (Å²) in [7, 11) is 0. The van der Waals surface area contributed by atoms with Crippen LogP contribution in [0.25, 0.3) is 0 Å². The summed E-state index contributed by atoms with van der Waals surface area (Å²) in [6.45, 7) is 8.96. The van der Waals surface area contributed by atoms with Crippen molar-refractivity contribution in [2.75, 3.05) is 18.0 Å². The standard InChI is InChI=1S/C13H22N2OS/c1-4-13(3)5-7-15(8-6-13)12-14-10(2)11(9-16)17-12/h16H,4-9H2,1-3H3. The molecule has 1 aromatic heterocycles. The second-order valence-electron chi connectivity index (χ2n) is 5.31. The third kappa shape index (κ3) is 2.63. The lowest BCUT2D eigenvalue weighted by molar-refractivity contribution is 0.238. The Morgan fingerprint density at radius 2 is 2.06 bits per heavy atom. The van der Waals surface area contributed by atoms with Crippen molar-refractivity contribution in [3.05, 3.63) is 10.6 Å². The number of anilines is 1. The molecule has 0 atom stereocenters. The number of aromatic nitrogens is 1. The molecule has 0 amide bonds. The SMILES string of the molecule is CCC1(C)CCN(c2nc(C)c(CO)s2)CC1. The van der Waals surface area contributed by atoms with E-state index in [0.29, 0.717) is 5.41 Å². The number of aliphatic hydroxyl groups is 1. The average molecular weight is 254 g/mol. The topological polar surface area (TPSA) is 36.4 Å². The Morgan fingerprint density at radius 1 is 1.41 bits per heavy atom. The summed E-state index contributed by atoms with van der Waals surface area (Å²) in [5.41, 5.74) is 1.50. The Morgan fingerprint density at radius 3 is 2.53 bits per heavy atom. The number of thiazole rings is 1. The van der Waals surface area contributed by atoms with Gasteiger partial charge in [0.15, 0.2) is 5.13 Å². The number of hydrogen-bond donors (Lipinski definition) is 1. The number of nitrogens with zero attached hydrogens (tertiary/aromatic N) is 2. The van der Waals surface area contributed by atoms with Gasteiger partial charge in [0.05, 0.1) is 17.2 Å². The van der Waals surface area contributed by atoms with Crippen LogP contribution in [0, 0.1) is 12.3 Å². The molecule has 96 valence electrons. The summed E-state index contributed by atoms with van der Waals surface area (Å²) in [5.74, 6) is 0. The molecule has 0 spiro atoms. The molecule has 0 aromatic carbocycles. The van der Waals surface area contributed by atoms with Gasteiger partial charge in [-0.3, -0.25) is 0 Å². The zero-order chi connectivity index (χ0) is 12.5. The zero-order valence-electron chi connectivity index (χ0n) is 11.0. The fourth-order valence-corrected chi connectivity index (χ4v) is 3.26. The number of hydrogen-bond acceptors (Lipinski definition) is 4. The smallest absolute Gasteiger partial charge is 0.185 e. The molecule has 2 heterocycles. The Bertz CT molecular complexity index is 381. The number of aryl methyl sites for hydroxylation is 1. The van der Waals surface area contributed by atoms with E-state index in [4.69, 9.17) is 0 Å². The Hall–Kier alpha value is -0.610. The van der Waals surface area contributed by atoms with E-state index in [9.17, 15) is 5.11 Å². The highest BCUT2D eigenvalue weighted by molar-refractivity contribution is 7.15. The van der Waals surface area contributed by atoms with Crippen LogP contribution in [0.1, 0.15) is 43.7 Å². The summed E-state index contributed by atoms with van der Waals surface area (Å²) in [4.78, 5) is 7.94. The van der Waals surface area contributed by atoms with E-state index >= 15 is 0 Å². The summed E-state index contributed by atoms with van der Waals surface area (Å²) in [5, 5.41) is 10.3. The van der Waals surface area contributed by atoms with E-state index in [-0.39, 0.29) is 6.61 Å². The van der Waals surface area contributed by atoms with Gasteiger partial charge in [0.1, 0.15) is 0 Å². The van der Waals surface area contributed by atoms with Gasteiger partial charge in [0.25, 0.3) is 0 Å². The van der Waals surface area contributed by atoms with Crippen LogP contribution in [-0.4, -0.2) is 23.2 Å². The molecule has 0 radical (unpaired) electrons. The van der Waals surface area contributed by atoms with Crippen molar-refractivity contribution in [1.82, 2.24) is 4.98 Å². The van der Waals surface area contributed by atoms with Gasteiger partial charge in [0, 0.05) is 13.1 Å². The van der Waals surface area contributed by atoms with Gasteiger partial charge < -0.3 is 10.0 Å². The maximum Gasteiger partial charge on any atom is 0.185 e. The Labute approximate surface area is 107 Å². The minimum atomic E-state index is 0.115. The van der Waals surface area contributed by atoms with Crippen molar-refractivity contribution in [3.63, 3.8) is 0 Å². The monoisotopic (exact) mass is 254 g/mol. The molecular formula is C13H22N2OS. The van der Waals surface area contributed by atoms with Gasteiger partial charge in [-0.15, -0.1) is 0 Å². The summed E-state index contributed by atoms with van der Waals surface area (Å²) in [6, 6.07) is 0. The maximum absolute atomic E-state index is 9.20. The number of rotatable bonds is 3. The molecule has 0 unspecified atom stereocenters. The highest BCUT2D eigenvalue weighted by Gasteiger charge is 2.29. The number of piperidine rings is 1. The van der Waals surface area contributed by atoms with Crippen LogP contribution in [0.2, 0.25) is 0 Å². The van der Waals surface area contributed by atoms with Crippen LogP contribution in [-0.2, 0) is 6.61 Å². The zero-order valence-corrected chi connectivity index (χ0v) is 11.8. The van der Waals surface area contributed by atoms with E-state index in [0.717, 1.165) is 28.8 Å². The molecule has 0 saturated carbocycles. The van der Waals surface area contributed by atoms with Crippen LogP contribution in [0.5, 0.6) is 0 Å². The molecule has 0 bridgehead atoms. The van der Waals surface area contributed by atoms with Crippen molar-refractivity contribution in [3.8, 4) is 0 Å². The van der Waals surface area contributed by atoms with Gasteiger partial charge in [-0.25, -0.2) is 4.98 Å². The molecular weight excluding hydrogens is 232 g/mol. The summed E-state index contributed by atoms with van der Waals surface area (Å²) in [6.07, 6.45) is 3.76. The van der Waals surface area contributed by atoms with Crippen molar-refractivity contribution in [1.29, 1.82) is 0 Å². The summed E-state index contributed by atoms with van der Waals surface area (Å²) < 4.78 is 0. The molecule has 17 heavy (non-hydrogen) atoms.